The molecular weight excluding hydrogens is 119 g/mol. The zero-order valence-electron chi connectivity index (χ0n) is 3.58. The summed E-state index contributed by atoms with van der Waals surface area (Å²) in [5.41, 5.74) is 0. The molecule has 0 atom stereocenters. The molecule has 0 N–H and O–H groups in total. The van der Waals surface area contributed by atoms with Crippen LogP contribution < -0.4 is 0 Å². The number of alkyl halides is 2. The molecule has 0 radical (unpaired) electrons. The maximum Gasteiger partial charge on any atom is 0.0967 e. The summed E-state index contributed by atoms with van der Waals surface area (Å²) in [5, 5.41) is 0.194. The second-order valence-corrected chi connectivity index (χ2v) is 1.97. The highest BCUT2D eigenvalue weighted by molar-refractivity contribution is 6.40. The topological polar surface area (TPSA) is 0 Å². The van der Waals surface area contributed by atoms with E-state index in [2.05, 4.69) is 0 Å². The van der Waals surface area contributed by atoms with Gasteiger partial charge in [-0.05, 0) is 0 Å². The van der Waals surface area contributed by atoms with Crippen LogP contribution in [0.25, 0.3) is 0 Å². The monoisotopic (exact) mass is 126 g/mol. The molecule has 0 unspecified atom stereocenters. The van der Waals surface area contributed by atoms with Crippen LogP contribution in [0, 0.1) is 0 Å². The minimum atomic E-state index is 0.194. The van der Waals surface area contributed by atoms with E-state index in [1.807, 2.05) is 0 Å². The van der Waals surface area contributed by atoms with Crippen LogP contribution in [0.15, 0.2) is 0 Å². The van der Waals surface area contributed by atoms with E-state index in [0.717, 1.165) is 0 Å². The Morgan fingerprint density at radius 2 is 1.17 bits per heavy atom. The fourth-order valence-electron chi connectivity index (χ4n) is 0. The first-order chi connectivity index (χ1) is 2.91. The molecule has 1 saturated carbocycles. The van der Waals surface area contributed by atoms with Crippen molar-refractivity contribution in [3.05, 3.63) is 0 Å². The van der Waals surface area contributed by atoms with Gasteiger partial charge in [0.25, 0.3) is 0 Å². The average molecular weight is 127 g/mol. The van der Waals surface area contributed by atoms with E-state index >= 15 is 0 Å². The molecule has 0 saturated heterocycles. The van der Waals surface area contributed by atoms with Gasteiger partial charge in [-0.25, -0.2) is 0 Å². The predicted octanol–water partition coefficient (Wildman–Crippen LogP) is 2.59. The molecule has 0 aromatic heterocycles. The molecule has 1 aliphatic carbocycles. The van der Waals surface area contributed by atoms with Crippen LogP contribution in [0.1, 0.15) is 19.3 Å². The first-order valence-electron chi connectivity index (χ1n) is 2.03. The van der Waals surface area contributed by atoms with Gasteiger partial charge in [0.15, 0.2) is 0 Å². The molecule has 0 heterocycles. The highest BCUT2D eigenvalue weighted by Gasteiger charge is 1.95. The van der Waals surface area contributed by atoms with Crippen LogP contribution in [0.3, 0.4) is 0 Å². The zero-order valence-corrected chi connectivity index (χ0v) is 5.10. The lowest BCUT2D eigenvalue weighted by Crippen LogP contribution is -1.24. The largest absolute Gasteiger partial charge is 0.109 e. The first kappa shape index (κ1) is 6.58. The summed E-state index contributed by atoms with van der Waals surface area (Å²) in [6.45, 7) is 0. The molecule has 0 bridgehead atoms. The van der Waals surface area contributed by atoms with Gasteiger partial charge in [0.1, 0.15) is 0 Å². The van der Waals surface area contributed by atoms with Gasteiger partial charge in [-0.1, -0.05) is 19.3 Å². The summed E-state index contributed by atoms with van der Waals surface area (Å²) < 4.78 is 0. The van der Waals surface area contributed by atoms with Crippen molar-refractivity contribution in [3.8, 4) is 0 Å². The summed E-state index contributed by atoms with van der Waals surface area (Å²) in [6.07, 6.45) is 4.50. The van der Waals surface area contributed by atoms with E-state index < -0.39 is 0 Å². The van der Waals surface area contributed by atoms with Crippen molar-refractivity contribution in [3.63, 3.8) is 0 Å². The third-order valence-electron chi connectivity index (χ3n) is 0.354. The molecule has 2 heteroatoms. The molecule has 0 aromatic rings. The van der Waals surface area contributed by atoms with Gasteiger partial charge in [0.2, 0.25) is 0 Å². The van der Waals surface area contributed by atoms with Crippen molar-refractivity contribution in [1.29, 1.82) is 0 Å². The summed E-state index contributed by atoms with van der Waals surface area (Å²) in [6, 6.07) is 0. The summed E-state index contributed by atoms with van der Waals surface area (Å²) in [4.78, 5) is 0. The predicted molar refractivity (Wildman–Crippen MR) is 30.4 cm³/mol. The van der Waals surface area contributed by atoms with E-state index in [9.17, 15) is 0 Å². The Labute approximate surface area is 48.4 Å². The lowest BCUT2D eigenvalue weighted by molar-refractivity contribution is 1.50. The van der Waals surface area contributed by atoms with Crippen LogP contribution in [-0.2, 0) is 0 Å². The van der Waals surface area contributed by atoms with Crippen molar-refractivity contribution < 1.29 is 0 Å². The van der Waals surface area contributed by atoms with E-state index in [1.54, 1.807) is 0 Å². The highest BCUT2D eigenvalue weighted by atomic mass is 35.5. The van der Waals surface area contributed by atoms with E-state index in [-0.39, 0.29) is 5.34 Å². The SMILES string of the molecule is C1CC1.ClCCl. The zero-order chi connectivity index (χ0) is 4.83. The summed E-state index contributed by atoms with van der Waals surface area (Å²) in [7, 11) is 0. The van der Waals surface area contributed by atoms with Crippen LogP contribution in [0.5, 0.6) is 0 Å². The molecule has 0 amide bonds. The van der Waals surface area contributed by atoms with Gasteiger partial charge in [0, 0.05) is 0 Å². The standard InChI is InChI=1S/C3H6.CH2Cl2/c1-2-3-1;2-1-3/h1-3H2;1H2. The van der Waals surface area contributed by atoms with Crippen molar-refractivity contribution in [2.45, 2.75) is 19.3 Å². The molecule has 0 aliphatic heterocycles. The maximum absolute atomic E-state index is 4.76. The van der Waals surface area contributed by atoms with Crippen molar-refractivity contribution in [1.82, 2.24) is 0 Å². The molecule has 0 spiro atoms. The number of hydrogen-bond donors (Lipinski definition) is 0. The van der Waals surface area contributed by atoms with Crippen molar-refractivity contribution >= 4 is 23.2 Å². The van der Waals surface area contributed by atoms with Crippen LogP contribution >= 0.6 is 23.2 Å². The highest BCUT2D eigenvalue weighted by Crippen LogP contribution is 2.14. The van der Waals surface area contributed by atoms with E-state index in [1.165, 1.54) is 19.3 Å². The molecular formula is C4H8Cl2. The first-order valence-corrected chi connectivity index (χ1v) is 3.10. The fourth-order valence-corrected chi connectivity index (χ4v) is 0. The second kappa shape index (κ2) is 5.58. The molecule has 0 aromatic carbocycles. The molecule has 6 heavy (non-hydrogen) atoms. The second-order valence-electron chi connectivity index (χ2n) is 1.16. The molecule has 38 valence electrons. The minimum Gasteiger partial charge on any atom is -0.109 e. The molecule has 1 rings (SSSR count). The third-order valence-corrected chi connectivity index (χ3v) is 0.354. The lowest BCUT2D eigenvalue weighted by atomic mass is 11.0. The Morgan fingerprint density at radius 3 is 1.17 bits per heavy atom. The Bertz CT molecular complexity index is 16.8. The Hall–Kier alpha value is 0.580. The van der Waals surface area contributed by atoms with Gasteiger partial charge in [0.05, 0.1) is 5.34 Å². The number of rotatable bonds is 0. The summed E-state index contributed by atoms with van der Waals surface area (Å²) in [5.74, 6) is 0. The maximum atomic E-state index is 4.76. The Balaban J connectivity index is 0.0000000833. The van der Waals surface area contributed by atoms with E-state index in [0.29, 0.717) is 0 Å². The van der Waals surface area contributed by atoms with Gasteiger partial charge < -0.3 is 0 Å². The lowest BCUT2D eigenvalue weighted by Gasteiger charge is -1.42. The average Bonchev–Trinajstić information content (AvgIpc) is 2.11. The summed E-state index contributed by atoms with van der Waals surface area (Å²) >= 11 is 9.53. The molecule has 1 aliphatic rings. The molecule has 0 nitrogen and oxygen atoms in total. The number of halogens is 2. The minimum absolute atomic E-state index is 0.194. The van der Waals surface area contributed by atoms with Crippen molar-refractivity contribution in [2.75, 3.05) is 5.34 Å². The van der Waals surface area contributed by atoms with E-state index in [4.69, 9.17) is 23.2 Å². The van der Waals surface area contributed by atoms with Crippen LogP contribution in [-0.4, -0.2) is 5.34 Å². The Morgan fingerprint density at radius 1 is 1.00 bits per heavy atom. The molecule has 1 fully saturated rings. The number of hydrogen-bond acceptors (Lipinski definition) is 0. The van der Waals surface area contributed by atoms with Gasteiger partial charge in [-0.3, -0.25) is 0 Å². The van der Waals surface area contributed by atoms with Gasteiger partial charge >= 0.3 is 0 Å². The van der Waals surface area contributed by atoms with Gasteiger partial charge in [-0.2, -0.15) is 0 Å². The van der Waals surface area contributed by atoms with Crippen LogP contribution in [0.2, 0.25) is 0 Å². The quantitative estimate of drug-likeness (QED) is 0.438. The fraction of sp³-hybridized carbons (Fsp3) is 1.00. The van der Waals surface area contributed by atoms with Gasteiger partial charge in [-0.15, -0.1) is 23.2 Å². The normalized spacial score (nSPS) is 15.0. The third kappa shape index (κ3) is 23.5. The smallest absolute Gasteiger partial charge is 0.0967 e. The van der Waals surface area contributed by atoms with Crippen LogP contribution in [0.4, 0.5) is 0 Å². The van der Waals surface area contributed by atoms with Crippen molar-refractivity contribution in [2.24, 2.45) is 0 Å². The Kier molecular flexibility index (Phi) is 6.12.